The third kappa shape index (κ3) is 1.60. The first-order valence-electron chi connectivity index (χ1n) is 3.68. The number of hydrogen-bond acceptors (Lipinski definition) is 1. The fourth-order valence-electron chi connectivity index (χ4n) is 1.17. The molecule has 0 bridgehead atoms. The molecule has 0 aliphatic carbocycles. The average Bonchev–Trinajstić information content (AvgIpc) is 2.12. The third-order valence-corrected chi connectivity index (χ3v) is 3.24. The minimum atomic E-state index is -0.470. The summed E-state index contributed by atoms with van der Waals surface area (Å²) in [5.41, 5.74) is 0.225. The molecule has 0 atom stereocenters. The predicted octanol–water partition coefficient (Wildman–Crippen LogP) is 4.44. The highest BCUT2D eigenvalue weighted by Crippen LogP contribution is 2.32. The molecule has 2 rings (SSSR count). The van der Waals surface area contributed by atoms with Crippen LogP contribution in [0.2, 0.25) is 10.0 Å². The minimum Gasteiger partial charge on any atom is -0.252 e. The van der Waals surface area contributed by atoms with Crippen LogP contribution in [0.3, 0.4) is 0 Å². The number of halogens is 4. The zero-order valence-corrected chi connectivity index (χ0v) is 9.79. The fourth-order valence-corrected chi connectivity index (χ4v) is 1.88. The normalized spacial score (nSPS) is 10.9. The van der Waals surface area contributed by atoms with E-state index in [9.17, 15) is 4.39 Å². The summed E-state index contributed by atoms with van der Waals surface area (Å²) in [5, 5.41) is 1.22. The molecule has 1 aromatic heterocycles. The Morgan fingerprint density at radius 1 is 1.29 bits per heavy atom. The number of nitrogens with zero attached hydrogens (tertiary/aromatic N) is 1. The lowest BCUT2D eigenvalue weighted by Gasteiger charge is -2.03. The van der Waals surface area contributed by atoms with E-state index in [1.807, 2.05) is 0 Å². The van der Waals surface area contributed by atoms with Gasteiger partial charge in [-0.1, -0.05) is 23.2 Å². The molecule has 1 heterocycles. The first-order chi connectivity index (χ1) is 6.59. The second-order valence-corrected chi connectivity index (χ2v) is 4.37. The number of fused-ring (bicyclic) bond motifs is 1. The van der Waals surface area contributed by atoms with E-state index in [4.69, 9.17) is 23.2 Å². The summed E-state index contributed by atoms with van der Waals surface area (Å²) in [6.45, 7) is 0. The summed E-state index contributed by atoms with van der Waals surface area (Å²) in [4.78, 5) is 3.92. The number of rotatable bonds is 0. The van der Waals surface area contributed by atoms with E-state index < -0.39 is 5.82 Å². The third-order valence-electron chi connectivity index (χ3n) is 1.78. The number of benzene rings is 1. The van der Waals surface area contributed by atoms with Crippen LogP contribution in [0.25, 0.3) is 10.9 Å². The van der Waals surface area contributed by atoms with Crippen molar-refractivity contribution in [1.82, 2.24) is 4.98 Å². The van der Waals surface area contributed by atoms with Gasteiger partial charge in [0.25, 0.3) is 0 Å². The van der Waals surface area contributed by atoms with Crippen LogP contribution >= 0.6 is 39.1 Å². The molecule has 0 saturated heterocycles. The highest BCUT2D eigenvalue weighted by molar-refractivity contribution is 9.10. The van der Waals surface area contributed by atoms with Gasteiger partial charge in [-0.3, -0.25) is 4.98 Å². The van der Waals surface area contributed by atoms with Crippen LogP contribution in [0.5, 0.6) is 0 Å². The van der Waals surface area contributed by atoms with Gasteiger partial charge in [-0.15, -0.1) is 0 Å². The molecule has 1 nitrogen and oxygen atoms in total. The standard InChI is InChI=1S/C9H3BrCl2FN/c10-6-3-14-9-5(8(6)12)1-4(11)2-7(9)13/h1-3H. The van der Waals surface area contributed by atoms with Crippen LogP contribution in [0.4, 0.5) is 4.39 Å². The van der Waals surface area contributed by atoms with E-state index >= 15 is 0 Å². The number of aromatic nitrogens is 1. The zero-order valence-electron chi connectivity index (χ0n) is 6.69. The Morgan fingerprint density at radius 3 is 2.71 bits per heavy atom. The monoisotopic (exact) mass is 293 g/mol. The molecular formula is C9H3BrCl2FN. The van der Waals surface area contributed by atoms with Gasteiger partial charge in [0.1, 0.15) is 5.52 Å². The van der Waals surface area contributed by atoms with Gasteiger partial charge in [0.05, 0.1) is 9.50 Å². The Labute approximate surface area is 98.0 Å². The SMILES string of the molecule is Fc1cc(Cl)cc2c(Cl)c(Br)cnc12. The van der Waals surface area contributed by atoms with Crippen LogP contribution in [0.1, 0.15) is 0 Å². The average molecular weight is 295 g/mol. The van der Waals surface area contributed by atoms with Crippen molar-refractivity contribution in [3.8, 4) is 0 Å². The highest BCUT2D eigenvalue weighted by atomic mass is 79.9. The molecule has 1 aromatic carbocycles. The molecule has 0 unspecified atom stereocenters. The van der Waals surface area contributed by atoms with E-state index in [-0.39, 0.29) is 5.52 Å². The van der Waals surface area contributed by atoms with Gasteiger partial charge >= 0.3 is 0 Å². The van der Waals surface area contributed by atoms with Crippen LogP contribution in [0.15, 0.2) is 22.8 Å². The first-order valence-corrected chi connectivity index (χ1v) is 5.23. The lowest BCUT2D eigenvalue weighted by atomic mass is 10.2. The largest absolute Gasteiger partial charge is 0.252 e. The fraction of sp³-hybridized carbons (Fsp3) is 0. The van der Waals surface area contributed by atoms with E-state index in [1.54, 1.807) is 6.07 Å². The maximum Gasteiger partial charge on any atom is 0.150 e. The van der Waals surface area contributed by atoms with E-state index in [0.29, 0.717) is 19.9 Å². The first kappa shape index (κ1) is 10.1. The molecule has 5 heteroatoms. The molecule has 72 valence electrons. The van der Waals surface area contributed by atoms with Crippen molar-refractivity contribution in [2.24, 2.45) is 0 Å². The topological polar surface area (TPSA) is 12.9 Å². The van der Waals surface area contributed by atoms with Crippen molar-refractivity contribution >= 4 is 50.0 Å². The van der Waals surface area contributed by atoms with E-state index in [2.05, 4.69) is 20.9 Å². The lowest BCUT2D eigenvalue weighted by molar-refractivity contribution is 0.637. The summed E-state index contributed by atoms with van der Waals surface area (Å²) in [6, 6.07) is 2.79. The molecule has 0 N–H and O–H groups in total. The van der Waals surface area contributed by atoms with Gasteiger partial charge in [0.2, 0.25) is 0 Å². The highest BCUT2D eigenvalue weighted by Gasteiger charge is 2.09. The Balaban J connectivity index is 2.95. The van der Waals surface area contributed by atoms with Gasteiger partial charge in [-0.25, -0.2) is 4.39 Å². The molecule has 0 aliphatic rings. The van der Waals surface area contributed by atoms with Gasteiger partial charge in [-0.05, 0) is 28.1 Å². The lowest BCUT2D eigenvalue weighted by Crippen LogP contribution is -1.86. The Hall–Kier alpha value is -0.380. The van der Waals surface area contributed by atoms with Crippen LogP contribution < -0.4 is 0 Å². The van der Waals surface area contributed by atoms with Crippen molar-refractivity contribution in [2.75, 3.05) is 0 Å². The maximum atomic E-state index is 13.3. The Kier molecular flexibility index (Phi) is 2.64. The van der Waals surface area contributed by atoms with Crippen molar-refractivity contribution in [2.45, 2.75) is 0 Å². The minimum absolute atomic E-state index is 0.225. The van der Waals surface area contributed by atoms with E-state index in [0.717, 1.165) is 0 Å². The second kappa shape index (κ2) is 3.65. The predicted molar refractivity (Wildman–Crippen MR) is 59.4 cm³/mol. The number of pyridine rings is 1. The Bertz CT molecular complexity index is 516. The summed E-state index contributed by atoms with van der Waals surface area (Å²) in [6.07, 6.45) is 1.46. The van der Waals surface area contributed by atoms with Gasteiger partial charge < -0.3 is 0 Å². The molecule has 0 saturated carbocycles. The molecule has 0 fully saturated rings. The van der Waals surface area contributed by atoms with Crippen molar-refractivity contribution in [3.05, 3.63) is 38.7 Å². The molecule has 14 heavy (non-hydrogen) atoms. The summed E-state index contributed by atoms with van der Waals surface area (Å²) < 4.78 is 14.0. The molecule has 0 amide bonds. The summed E-state index contributed by atoms with van der Waals surface area (Å²) in [7, 11) is 0. The maximum absolute atomic E-state index is 13.3. The molecular weight excluding hydrogens is 292 g/mol. The van der Waals surface area contributed by atoms with Crippen LogP contribution in [-0.4, -0.2) is 4.98 Å². The summed E-state index contributed by atoms with van der Waals surface area (Å²) in [5.74, 6) is -0.470. The van der Waals surface area contributed by atoms with Gasteiger partial charge in [0, 0.05) is 16.6 Å². The van der Waals surface area contributed by atoms with Crippen molar-refractivity contribution < 1.29 is 4.39 Å². The molecule has 0 aliphatic heterocycles. The smallest absolute Gasteiger partial charge is 0.150 e. The second-order valence-electron chi connectivity index (χ2n) is 2.70. The number of hydrogen-bond donors (Lipinski definition) is 0. The zero-order chi connectivity index (χ0) is 10.3. The van der Waals surface area contributed by atoms with Crippen LogP contribution in [0, 0.1) is 5.82 Å². The van der Waals surface area contributed by atoms with Gasteiger partial charge in [-0.2, -0.15) is 0 Å². The Morgan fingerprint density at radius 2 is 2.00 bits per heavy atom. The van der Waals surface area contributed by atoms with Gasteiger partial charge in [0.15, 0.2) is 5.82 Å². The quantitative estimate of drug-likeness (QED) is 0.700. The van der Waals surface area contributed by atoms with Crippen molar-refractivity contribution in [1.29, 1.82) is 0 Å². The van der Waals surface area contributed by atoms with Crippen molar-refractivity contribution in [3.63, 3.8) is 0 Å². The molecule has 0 spiro atoms. The van der Waals surface area contributed by atoms with E-state index in [1.165, 1.54) is 12.3 Å². The molecule has 2 aromatic rings. The molecule has 0 radical (unpaired) electrons. The van der Waals surface area contributed by atoms with Crippen LogP contribution in [-0.2, 0) is 0 Å². The summed E-state index contributed by atoms with van der Waals surface area (Å²) >= 11 is 14.9.